The fourth-order valence-electron chi connectivity index (χ4n) is 2.90. The van der Waals surface area contributed by atoms with Crippen LogP contribution in [-0.4, -0.2) is 17.7 Å². The maximum absolute atomic E-state index is 12.9. The highest BCUT2D eigenvalue weighted by Crippen LogP contribution is 2.10. The molecule has 0 spiro atoms. The van der Waals surface area contributed by atoms with Gasteiger partial charge in [0.25, 0.3) is 0 Å². The molecule has 138 valence electrons. The van der Waals surface area contributed by atoms with Crippen molar-refractivity contribution in [2.24, 2.45) is 5.73 Å². The first-order valence-corrected chi connectivity index (χ1v) is 8.85. The molecule has 0 aromatic heterocycles. The Morgan fingerprint density at radius 2 is 1.81 bits per heavy atom. The molecule has 4 N–H and O–H groups in total. The summed E-state index contributed by atoms with van der Waals surface area (Å²) in [5, 5.41) is 11.0. The molecule has 0 aliphatic carbocycles. The summed E-state index contributed by atoms with van der Waals surface area (Å²) in [4.78, 5) is 12.2. The van der Waals surface area contributed by atoms with Crippen molar-refractivity contribution in [3.05, 3.63) is 71.0 Å². The van der Waals surface area contributed by atoms with Crippen molar-refractivity contribution in [2.75, 3.05) is 0 Å². The van der Waals surface area contributed by atoms with E-state index in [9.17, 15) is 9.18 Å². The fraction of sp³-hybridized carbons (Fsp3) is 0.333. The average molecular weight is 355 g/mol. The summed E-state index contributed by atoms with van der Waals surface area (Å²) >= 11 is 0. The van der Waals surface area contributed by atoms with Gasteiger partial charge in [-0.1, -0.05) is 36.4 Å². The number of hydrogen-bond acceptors (Lipinski definition) is 3. The predicted octanol–water partition coefficient (Wildman–Crippen LogP) is 3.37. The normalized spacial score (nSPS) is 11.8. The molecule has 5 heteroatoms. The zero-order chi connectivity index (χ0) is 18.9. The molecule has 2 aromatic rings. The van der Waals surface area contributed by atoms with E-state index in [2.05, 4.69) is 5.32 Å². The summed E-state index contributed by atoms with van der Waals surface area (Å²) in [5.41, 5.74) is 9.19. The number of hydrogen-bond donors (Lipinski definition) is 3. The van der Waals surface area contributed by atoms with Crippen molar-refractivity contribution >= 4 is 11.6 Å². The Kier molecular flexibility index (Phi) is 7.48. The van der Waals surface area contributed by atoms with Crippen LogP contribution in [0.2, 0.25) is 0 Å². The molecular formula is C21H26FN3O. The third-order valence-electron chi connectivity index (χ3n) is 4.28. The molecule has 0 radical (unpaired) electrons. The first kappa shape index (κ1) is 19.8. The maximum atomic E-state index is 12.9. The highest BCUT2D eigenvalue weighted by atomic mass is 19.1. The zero-order valence-corrected chi connectivity index (χ0v) is 15.1. The quantitative estimate of drug-likeness (QED) is 0.603. The lowest BCUT2D eigenvalue weighted by Crippen LogP contribution is -2.35. The van der Waals surface area contributed by atoms with Gasteiger partial charge in [0.05, 0.1) is 6.42 Å². The molecule has 1 atom stereocenters. The van der Waals surface area contributed by atoms with E-state index in [0.29, 0.717) is 37.9 Å². The number of carbonyl (C=O) groups is 1. The van der Waals surface area contributed by atoms with Crippen LogP contribution >= 0.6 is 0 Å². The van der Waals surface area contributed by atoms with Gasteiger partial charge in [0.15, 0.2) is 0 Å². The van der Waals surface area contributed by atoms with Gasteiger partial charge in [-0.25, -0.2) is 4.39 Å². The third-order valence-corrected chi connectivity index (χ3v) is 4.28. The van der Waals surface area contributed by atoms with Crippen LogP contribution in [0, 0.1) is 11.2 Å². The topological polar surface area (TPSA) is 79.0 Å². The first-order valence-electron chi connectivity index (χ1n) is 8.85. The van der Waals surface area contributed by atoms with Crippen molar-refractivity contribution in [3.63, 3.8) is 0 Å². The second-order valence-electron chi connectivity index (χ2n) is 6.55. The number of carbonyl (C=O) groups excluding carboxylic acids is 1. The van der Waals surface area contributed by atoms with E-state index < -0.39 is 0 Å². The van der Waals surface area contributed by atoms with Gasteiger partial charge >= 0.3 is 0 Å². The summed E-state index contributed by atoms with van der Waals surface area (Å²) < 4.78 is 12.9. The van der Waals surface area contributed by atoms with E-state index in [1.54, 1.807) is 12.1 Å². The van der Waals surface area contributed by atoms with Crippen LogP contribution in [-0.2, 0) is 24.2 Å². The number of amides is 1. The van der Waals surface area contributed by atoms with E-state index in [1.807, 2.05) is 31.2 Å². The smallest absolute Gasteiger partial charge is 0.224 e. The molecule has 0 bridgehead atoms. The zero-order valence-electron chi connectivity index (χ0n) is 15.1. The minimum absolute atomic E-state index is 0.0651. The van der Waals surface area contributed by atoms with Crippen molar-refractivity contribution in [2.45, 2.75) is 45.2 Å². The molecule has 4 nitrogen and oxygen atoms in total. The van der Waals surface area contributed by atoms with Gasteiger partial charge < -0.3 is 16.5 Å². The highest BCUT2D eigenvalue weighted by Gasteiger charge is 2.12. The van der Waals surface area contributed by atoms with Gasteiger partial charge in [-0.05, 0) is 48.6 Å². The number of aryl methyl sites for hydroxylation is 1. The van der Waals surface area contributed by atoms with Crippen LogP contribution in [0.5, 0.6) is 0 Å². The van der Waals surface area contributed by atoms with Gasteiger partial charge in [0.1, 0.15) is 5.82 Å². The number of nitrogens with two attached hydrogens (primary N) is 1. The van der Waals surface area contributed by atoms with E-state index in [-0.39, 0.29) is 17.8 Å². The van der Waals surface area contributed by atoms with Crippen LogP contribution in [0.3, 0.4) is 0 Å². The van der Waals surface area contributed by atoms with E-state index in [0.717, 1.165) is 16.7 Å². The minimum Gasteiger partial charge on any atom is -0.353 e. The van der Waals surface area contributed by atoms with Crippen LogP contribution in [0.25, 0.3) is 0 Å². The monoisotopic (exact) mass is 355 g/mol. The Hall–Kier alpha value is -2.53. The lowest BCUT2D eigenvalue weighted by molar-refractivity contribution is -0.121. The number of benzene rings is 2. The Bertz CT molecular complexity index is 743. The van der Waals surface area contributed by atoms with Crippen molar-refractivity contribution in [3.8, 4) is 0 Å². The predicted molar refractivity (Wildman–Crippen MR) is 103 cm³/mol. The Balaban J connectivity index is 1.76. The highest BCUT2D eigenvalue weighted by molar-refractivity contribution is 5.84. The molecule has 26 heavy (non-hydrogen) atoms. The molecule has 0 aliphatic rings. The van der Waals surface area contributed by atoms with Crippen LogP contribution in [0.15, 0.2) is 48.5 Å². The summed E-state index contributed by atoms with van der Waals surface area (Å²) in [6.45, 7) is 2.31. The molecule has 0 saturated carbocycles. The minimum atomic E-state index is -0.253. The third kappa shape index (κ3) is 6.41. The molecule has 1 unspecified atom stereocenters. The number of rotatable bonds is 9. The van der Waals surface area contributed by atoms with Crippen LogP contribution in [0.1, 0.15) is 36.5 Å². The second kappa shape index (κ2) is 9.82. The Labute approximate surface area is 154 Å². The molecular weight excluding hydrogens is 329 g/mol. The summed E-state index contributed by atoms with van der Waals surface area (Å²) in [5.74, 6) is -0.318. The van der Waals surface area contributed by atoms with Gasteiger partial charge in [0.2, 0.25) is 5.91 Å². The molecule has 0 saturated heterocycles. The SMILES string of the molecule is CC(CC(=N)CCc1ccc(F)cc1)NC(=O)Cc1ccccc1CN. The molecule has 1 amide bonds. The molecule has 0 fully saturated rings. The summed E-state index contributed by atoms with van der Waals surface area (Å²) in [6, 6.07) is 13.9. The Morgan fingerprint density at radius 3 is 2.46 bits per heavy atom. The van der Waals surface area contributed by atoms with Gasteiger partial charge in [-0.15, -0.1) is 0 Å². The summed E-state index contributed by atoms with van der Waals surface area (Å²) in [6.07, 6.45) is 2.09. The van der Waals surface area contributed by atoms with Gasteiger partial charge in [-0.3, -0.25) is 4.79 Å². The fourth-order valence-corrected chi connectivity index (χ4v) is 2.90. The standard InChI is InChI=1S/C21H26FN3O/c1-15(12-20(24)11-8-16-6-9-19(22)10-7-16)25-21(26)13-17-4-2-3-5-18(17)14-23/h2-7,9-10,15,24H,8,11-14,23H2,1H3,(H,25,26). The van der Waals surface area contributed by atoms with Crippen LogP contribution in [0.4, 0.5) is 4.39 Å². The molecule has 2 rings (SSSR count). The largest absolute Gasteiger partial charge is 0.353 e. The lowest BCUT2D eigenvalue weighted by atomic mass is 10.0. The molecule has 0 aliphatic heterocycles. The lowest BCUT2D eigenvalue weighted by Gasteiger charge is -2.15. The Morgan fingerprint density at radius 1 is 1.15 bits per heavy atom. The van der Waals surface area contributed by atoms with Crippen molar-refractivity contribution in [1.82, 2.24) is 5.32 Å². The van der Waals surface area contributed by atoms with Gasteiger partial charge in [0, 0.05) is 24.7 Å². The molecule has 2 aromatic carbocycles. The maximum Gasteiger partial charge on any atom is 0.224 e. The average Bonchev–Trinajstić information content (AvgIpc) is 2.61. The van der Waals surface area contributed by atoms with E-state index in [4.69, 9.17) is 11.1 Å². The van der Waals surface area contributed by atoms with Crippen LogP contribution < -0.4 is 11.1 Å². The number of halogens is 1. The van der Waals surface area contributed by atoms with E-state index in [1.165, 1.54) is 12.1 Å². The second-order valence-corrected chi connectivity index (χ2v) is 6.55. The van der Waals surface area contributed by atoms with Crippen molar-refractivity contribution < 1.29 is 9.18 Å². The number of nitrogens with one attached hydrogen (secondary N) is 2. The molecule has 0 heterocycles. The van der Waals surface area contributed by atoms with Crippen molar-refractivity contribution in [1.29, 1.82) is 5.41 Å². The van der Waals surface area contributed by atoms with Gasteiger partial charge in [-0.2, -0.15) is 0 Å². The summed E-state index contributed by atoms with van der Waals surface area (Å²) in [7, 11) is 0. The van der Waals surface area contributed by atoms with E-state index >= 15 is 0 Å². The first-order chi connectivity index (χ1) is 12.5.